The van der Waals surface area contributed by atoms with Crippen molar-refractivity contribution in [3.05, 3.63) is 29.1 Å². The van der Waals surface area contributed by atoms with Gasteiger partial charge >= 0.3 is 5.97 Å². The molecule has 1 aromatic rings. The summed E-state index contributed by atoms with van der Waals surface area (Å²) in [5.41, 5.74) is 0.422. The molecule has 3 aliphatic carbocycles. The minimum Gasteiger partial charge on any atom is -0.493 e. The summed E-state index contributed by atoms with van der Waals surface area (Å²) in [7, 11) is 0. The van der Waals surface area contributed by atoms with Gasteiger partial charge in [-0.15, -0.1) is 0 Å². The summed E-state index contributed by atoms with van der Waals surface area (Å²) in [4.78, 5) is 25.1. The second kappa shape index (κ2) is 9.00. The van der Waals surface area contributed by atoms with E-state index in [1.54, 1.807) is 0 Å². The lowest BCUT2D eigenvalue weighted by Crippen LogP contribution is -2.41. The summed E-state index contributed by atoms with van der Waals surface area (Å²) in [6, 6.07) is 0.943. The fourth-order valence-corrected chi connectivity index (χ4v) is 6.80. The fourth-order valence-electron chi connectivity index (χ4n) is 6.80. The smallest absolute Gasteiger partial charge is 0.326 e. The molecular weight excluding hydrogens is 459 g/mol. The Labute approximate surface area is 204 Å². The van der Waals surface area contributed by atoms with Crippen LogP contribution in [0.3, 0.4) is 0 Å². The first kappa shape index (κ1) is 24.4. The van der Waals surface area contributed by atoms with Gasteiger partial charge in [0.15, 0.2) is 0 Å². The van der Waals surface area contributed by atoms with Crippen molar-refractivity contribution in [1.82, 2.24) is 4.90 Å². The van der Waals surface area contributed by atoms with E-state index >= 15 is 4.39 Å². The Morgan fingerprint density at radius 2 is 1.80 bits per heavy atom. The van der Waals surface area contributed by atoms with Crippen molar-refractivity contribution in [2.24, 2.45) is 17.3 Å². The number of nitrogens with zero attached hydrogens (tertiary/aromatic N) is 1. The Morgan fingerprint density at radius 1 is 1.11 bits per heavy atom. The number of likely N-dealkylation sites (tertiary alicyclic amines) is 1. The molecule has 5 nitrogen and oxygen atoms in total. The summed E-state index contributed by atoms with van der Waals surface area (Å²) in [6.07, 6.45) is 9.19. The molecule has 192 valence electrons. The van der Waals surface area contributed by atoms with Gasteiger partial charge in [-0.1, -0.05) is 26.2 Å². The third-order valence-corrected chi connectivity index (χ3v) is 8.78. The van der Waals surface area contributed by atoms with Crippen LogP contribution in [0.4, 0.5) is 13.2 Å². The van der Waals surface area contributed by atoms with E-state index in [1.807, 2.05) is 0 Å². The van der Waals surface area contributed by atoms with Crippen molar-refractivity contribution in [1.29, 1.82) is 0 Å². The monoisotopic (exact) mass is 493 g/mol. The predicted molar refractivity (Wildman–Crippen MR) is 123 cm³/mol. The first-order valence-electron chi connectivity index (χ1n) is 13.0. The van der Waals surface area contributed by atoms with E-state index in [9.17, 15) is 23.5 Å². The molecule has 35 heavy (non-hydrogen) atoms. The molecule has 4 aliphatic rings. The molecule has 0 radical (unpaired) electrons. The molecule has 5 rings (SSSR count). The summed E-state index contributed by atoms with van der Waals surface area (Å²) in [6.45, 7) is 1.67. The van der Waals surface area contributed by atoms with Gasteiger partial charge in [-0.25, -0.2) is 18.0 Å². The number of carboxylic acid groups (broad SMARTS) is 1. The van der Waals surface area contributed by atoms with E-state index < -0.39 is 42.6 Å². The highest BCUT2D eigenvalue weighted by Gasteiger charge is 2.51. The fraction of sp³-hybridized carbons (Fsp3) is 0.704. The number of rotatable bonds is 7. The topological polar surface area (TPSA) is 66.8 Å². The average Bonchev–Trinajstić information content (AvgIpc) is 3.59. The number of benzene rings is 1. The third-order valence-electron chi connectivity index (χ3n) is 8.78. The normalized spacial score (nSPS) is 31.9. The summed E-state index contributed by atoms with van der Waals surface area (Å²) in [5.74, 6) is -4.68. The number of carbonyl (C=O) groups excluding carboxylic acids is 1. The molecule has 3 atom stereocenters. The molecular formula is C27H34F3NO4. The molecule has 4 fully saturated rings. The zero-order valence-electron chi connectivity index (χ0n) is 20.2. The number of alkyl halides is 2. The van der Waals surface area contributed by atoms with Crippen LogP contribution in [0.2, 0.25) is 0 Å². The minimum atomic E-state index is -3.32. The number of halogens is 3. The molecule has 0 spiro atoms. The van der Waals surface area contributed by atoms with Gasteiger partial charge < -0.3 is 14.7 Å². The van der Waals surface area contributed by atoms with Crippen LogP contribution in [0.5, 0.6) is 5.75 Å². The van der Waals surface area contributed by atoms with E-state index in [0.717, 1.165) is 49.5 Å². The highest BCUT2D eigenvalue weighted by molar-refractivity contribution is 5.97. The number of carbonyl (C=O) groups is 2. The van der Waals surface area contributed by atoms with Gasteiger partial charge in [0.2, 0.25) is 0 Å². The molecule has 1 aliphatic heterocycles. The van der Waals surface area contributed by atoms with E-state index in [0.29, 0.717) is 17.3 Å². The van der Waals surface area contributed by atoms with Crippen LogP contribution in [0.15, 0.2) is 12.1 Å². The number of hydrogen-bond donors (Lipinski definition) is 1. The Bertz CT molecular complexity index is 996. The van der Waals surface area contributed by atoms with Crippen LogP contribution in [-0.2, 0) is 4.79 Å². The van der Waals surface area contributed by atoms with Crippen LogP contribution in [-0.4, -0.2) is 47.0 Å². The van der Waals surface area contributed by atoms with Crippen LogP contribution >= 0.6 is 0 Å². The summed E-state index contributed by atoms with van der Waals surface area (Å²) >= 11 is 0. The maximum absolute atomic E-state index is 15.2. The number of amides is 1. The van der Waals surface area contributed by atoms with Crippen LogP contribution in [0.25, 0.3) is 0 Å². The highest BCUT2D eigenvalue weighted by atomic mass is 19.3. The minimum absolute atomic E-state index is 0.0651. The number of carboxylic acids is 1. The first-order chi connectivity index (χ1) is 16.6. The summed E-state index contributed by atoms with van der Waals surface area (Å²) in [5, 5.41) is 9.34. The number of ether oxygens (including phenoxy) is 1. The molecule has 1 aromatic carbocycles. The van der Waals surface area contributed by atoms with Gasteiger partial charge in [0.25, 0.3) is 11.8 Å². The lowest BCUT2D eigenvalue weighted by molar-refractivity contribution is -0.141. The van der Waals surface area contributed by atoms with E-state index in [4.69, 9.17) is 4.74 Å². The highest BCUT2D eigenvalue weighted by Crippen LogP contribution is 2.51. The van der Waals surface area contributed by atoms with Gasteiger partial charge in [0.1, 0.15) is 17.6 Å². The van der Waals surface area contributed by atoms with Gasteiger partial charge in [-0.3, -0.25) is 4.79 Å². The number of hydrogen-bond acceptors (Lipinski definition) is 3. The van der Waals surface area contributed by atoms with Crippen LogP contribution in [0, 0.1) is 23.1 Å². The van der Waals surface area contributed by atoms with Gasteiger partial charge in [0.05, 0.1) is 18.7 Å². The molecule has 2 bridgehead atoms. The molecule has 0 aromatic heterocycles. The molecule has 1 saturated heterocycles. The van der Waals surface area contributed by atoms with Gasteiger partial charge in [-0.05, 0) is 67.9 Å². The number of fused-ring (bicyclic) bond motifs is 2. The SMILES string of the molecule is CCC1(COc2cc(F)c(C(=O)N3CC(F)(F)C[C@H]3C(=O)O)cc2C2CC2)CC2CCCC(C2)C1. The van der Waals surface area contributed by atoms with E-state index in [2.05, 4.69) is 6.92 Å². The molecule has 2 unspecified atom stereocenters. The molecule has 1 heterocycles. The molecule has 1 N–H and O–H groups in total. The Morgan fingerprint density at radius 3 is 2.40 bits per heavy atom. The maximum Gasteiger partial charge on any atom is 0.326 e. The van der Waals surface area contributed by atoms with E-state index in [-0.39, 0.29) is 16.9 Å². The standard InChI is InChI=1S/C27H34F3NO4/c1-2-26(11-16-4-3-5-17(8-16)12-26)15-35-23-10-21(28)20(9-19(23)18-6-7-18)24(32)31-14-27(29,30)13-22(31)25(33)34/h9-10,16-18,22H,2-8,11-15H2,1H3,(H,33,34)/t16?,17?,22-,26?/m0/s1. The van der Waals surface area contributed by atoms with Crippen molar-refractivity contribution >= 4 is 11.9 Å². The second-order valence-electron chi connectivity index (χ2n) is 11.4. The van der Waals surface area contributed by atoms with E-state index in [1.165, 1.54) is 37.8 Å². The molecule has 1 amide bonds. The van der Waals surface area contributed by atoms with Gasteiger partial charge in [0, 0.05) is 17.9 Å². The zero-order chi connectivity index (χ0) is 25.0. The van der Waals surface area contributed by atoms with Crippen molar-refractivity contribution in [2.45, 2.75) is 89.0 Å². The quantitative estimate of drug-likeness (QED) is 0.505. The Balaban J connectivity index is 1.38. The molecule has 8 heteroatoms. The first-order valence-corrected chi connectivity index (χ1v) is 13.0. The van der Waals surface area contributed by atoms with Gasteiger partial charge in [-0.2, -0.15) is 0 Å². The van der Waals surface area contributed by atoms with Crippen molar-refractivity contribution in [3.63, 3.8) is 0 Å². The predicted octanol–water partition coefficient (Wildman–Crippen LogP) is 6.01. The molecule has 3 saturated carbocycles. The maximum atomic E-state index is 15.2. The Kier molecular flexibility index (Phi) is 6.29. The van der Waals surface area contributed by atoms with Crippen molar-refractivity contribution < 1.29 is 32.6 Å². The third kappa shape index (κ3) is 4.90. The van der Waals surface area contributed by atoms with Crippen LogP contribution in [0.1, 0.15) is 93.0 Å². The van der Waals surface area contributed by atoms with Crippen molar-refractivity contribution in [2.75, 3.05) is 13.2 Å². The van der Waals surface area contributed by atoms with Crippen molar-refractivity contribution in [3.8, 4) is 5.75 Å². The number of aliphatic carboxylic acids is 1. The summed E-state index contributed by atoms with van der Waals surface area (Å²) < 4.78 is 49.3. The lowest BCUT2D eigenvalue weighted by Gasteiger charge is -2.47. The Hall–Kier alpha value is -2.25. The van der Waals surface area contributed by atoms with Crippen LogP contribution < -0.4 is 4.74 Å². The average molecular weight is 494 g/mol. The second-order valence-corrected chi connectivity index (χ2v) is 11.4. The zero-order valence-corrected chi connectivity index (χ0v) is 20.2. The largest absolute Gasteiger partial charge is 0.493 e. The lowest BCUT2D eigenvalue weighted by atomic mass is 9.60.